The molecule has 4 atom stereocenters. The van der Waals surface area contributed by atoms with Gasteiger partial charge in [-0.15, -0.1) is 0 Å². The predicted molar refractivity (Wildman–Crippen MR) is 120 cm³/mol. The summed E-state index contributed by atoms with van der Waals surface area (Å²) >= 11 is 3.87. The number of amides is 5. The molecule has 0 spiro atoms. The van der Waals surface area contributed by atoms with E-state index in [9.17, 15) is 28.8 Å². The maximum Gasteiger partial charge on any atom is 0.327 e. The monoisotopic (exact) mass is 491 g/mol. The van der Waals surface area contributed by atoms with Crippen molar-refractivity contribution in [1.29, 1.82) is 0 Å². The van der Waals surface area contributed by atoms with Crippen molar-refractivity contribution >= 4 is 48.1 Å². The Morgan fingerprint density at radius 2 is 1.33 bits per heavy atom. The summed E-state index contributed by atoms with van der Waals surface area (Å²) in [5.41, 5.74) is 21.3. The summed E-state index contributed by atoms with van der Waals surface area (Å²) < 4.78 is 0. The lowest BCUT2D eigenvalue weighted by molar-refractivity contribution is -0.141. The Morgan fingerprint density at radius 3 is 1.82 bits per heavy atom. The van der Waals surface area contributed by atoms with Crippen LogP contribution >= 0.6 is 12.6 Å². The van der Waals surface area contributed by atoms with Crippen molar-refractivity contribution in [2.24, 2.45) is 22.9 Å². The number of hydrogen-bond donors (Lipinski definition) is 9. The smallest absolute Gasteiger partial charge is 0.327 e. The molecule has 15 heteroatoms. The van der Waals surface area contributed by atoms with E-state index in [1.807, 2.05) is 0 Å². The van der Waals surface area contributed by atoms with Crippen LogP contribution in [-0.4, -0.2) is 77.1 Å². The second-order valence-corrected chi connectivity index (χ2v) is 7.64. The summed E-state index contributed by atoms with van der Waals surface area (Å²) in [6.07, 6.45) is 0.231. The van der Waals surface area contributed by atoms with Crippen molar-refractivity contribution < 1.29 is 33.9 Å². The van der Waals surface area contributed by atoms with E-state index in [1.54, 1.807) is 0 Å². The van der Waals surface area contributed by atoms with Crippen LogP contribution in [0, 0.1) is 0 Å². The Bertz CT molecular complexity index is 722. The molecule has 0 aromatic heterocycles. The van der Waals surface area contributed by atoms with Crippen molar-refractivity contribution in [2.45, 2.75) is 62.7 Å². The summed E-state index contributed by atoms with van der Waals surface area (Å²) in [7, 11) is 0. The van der Waals surface area contributed by atoms with Crippen LogP contribution in [0.2, 0.25) is 0 Å². The van der Waals surface area contributed by atoms with Crippen LogP contribution < -0.4 is 38.9 Å². The lowest BCUT2D eigenvalue weighted by Crippen LogP contribution is -2.58. The molecule has 0 saturated heterocycles. The highest BCUT2D eigenvalue weighted by atomic mass is 32.1. The van der Waals surface area contributed by atoms with Crippen molar-refractivity contribution in [3.8, 4) is 0 Å². The standard InChI is InChI=1S/C18H33N7O7S/c19-6-2-1-3-10(16(29)25-12(8-33)18(31)32)23-17(30)11(7-14(22)27)24-15(28)9(20)4-5-13(21)26/h9-12,33H,1-8,19-20H2,(H2,21,26)(H2,22,27)(H,23,30)(H,24,28)(H,25,29)(H,31,32). The van der Waals surface area contributed by atoms with Crippen molar-refractivity contribution in [3.05, 3.63) is 0 Å². The van der Waals surface area contributed by atoms with Gasteiger partial charge < -0.3 is 44.0 Å². The molecule has 33 heavy (non-hydrogen) atoms. The lowest BCUT2D eigenvalue weighted by atomic mass is 10.1. The zero-order valence-corrected chi connectivity index (χ0v) is 19.0. The summed E-state index contributed by atoms with van der Waals surface area (Å²) in [5.74, 6) is -5.60. The quantitative estimate of drug-likeness (QED) is 0.0708. The number of nitrogens with one attached hydrogen (secondary N) is 3. The van der Waals surface area contributed by atoms with Gasteiger partial charge >= 0.3 is 5.97 Å². The molecule has 0 bridgehead atoms. The molecule has 0 saturated carbocycles. The van der Waals surface area contributed by atoms with Gasteiger partial charge in [-0.2, -0.15) is 12.6 Å². The fourth-order valence-electron chi connectivity index (χ4n) is 2.61. The van der Waals surface area contributed by atoms with E-state index < -0.39 is 66.1 Å². The largest absolute Gasteiger partial charge is 0.480 e. The van der Waals surface area contributed by atoms with Gasteiger partial charge in [-0.1, -0.05) is 0 Å². The van der Waals surface area contributed by atoms with Gasteiger partial charge in [0, 0.05) is 12.2 Å². The fraction of sp³-hybridized carbons (Fsp3) is 0.667. The van der Waals surface area contributed by atoms with Crippen LogP contribution in [0.1, 0.15) is 38.5 Å². The molecule has 0 fully saturated rings. The first kappa shape index (κ1) is 30.1. The van der Waals surface area contributed by atoms with E-state index in [4.69, 9.17) is 28.0 Å². The summed E-state index contributed by atoms with van der Waals surface area (Å²) in [6, 6.07) is -5.11. The Morgan fingerprint density at radius 1 is 0.788 bits per heavy atom. The summed E-state index contributed by atoms with van der Waals surface area (Å²) in [6.45, 7) is 0.334. The second kappa shape index (κ2) is 15.8. The average Bonchev–Trinajstić information content (AvgIpc) is 2.73. The van der Waals surface area contributed by atoms with Crippen molar-refractivity contribution in [2.75, 3.05) is 12.3 Å². The highest BCUT2D eigenvalue weighted by Crippen LogP contribution is 2.05. The molecule has 0 aromatic carbocycles. The molecule has 0 aliphatic carbocycles. The third-order valence-corrected chi connectivity index (χ3v) is 4.82. The second-order valence-electron chi connectivity index (χ2n) is 7.27. The first-order valence-electron chi connectivity index (χ1n) is 10.2. The number of nitrogens with two attached hydrogens (primary N) is 4. The molecular formula is C18H33N7O7S. The molecule has 0 aromatic rings. The average molecular weight is 492 g/mol. The fourth-order valence-corrected chi connectivity index (χ4v) is 2.86. The van der Waals surface area contributed by atoms with E-state index >= 15 is 0 Å². The molecular weight excluding hydrogens is 458 g/mol. The number of rotatable bonds is 17. The molecule has 0 radical (unpaired) electrons. The summed E-state index contributed by atoms with van der Waals surface area (Å²) in [4.78, 5) is 71.0. The zero-order valence-electron chi connectivity index (χ0n) is 18.1. The van der Waals surface area contributed by atoms with E-state index in [2.05, 4.69) is 28.6 Å². The highest BCUT2D eigenvalue weighted by Gasteiger charge is 2.30. The van der Waals surface area contributed by atoms with Gasteiger partial charge in [0.2, 0.25) is 29.5 Å². The number of primary amides is 2. The van der Waals surface area contributed by atoms with Gasteiger partial charge in [0.15, 0.2) is 0 Å². The molecule has 12 N–H and O–H groups in total. The number of aliphatic carboxylic acids is 1. The van der Waals surface area contributed by atoms with Crippen LogP contribution in [0.5, 0.6) is 0 Å². The van der Waals surface area contributed by atoms with Gasteiger partial charge in [-0.25, -0.2) is 4.79 Å². The van der Waals surface area contributed by atoms with Crippen molar-refractivity contribution in [1.82, 2.24) is 16.0 Å². The molecule has 0 heterocycles. The third-order valence-electron chi connectivity index (χ3n) is 4.45. The van der Waals surface area contributed by atoms with Gasteiger partial charge in [0.1, 0.15) is 18.1 Å². The molecule has 0 aliphatic rings. The number of thiol groups is 1. The van der Waals surface area contributed by atoms with Gasteiger partial charge in [-0.05, 0) is 32.2 Å². The number of carboxylic acids is 1. The Hall–Kier alpha value is -2.91. The normalized spacial score (nSPS) is 14.3. The predicted octanol–water partition coefficient (Wildman–Crippen LogP) is -3.95. The summed E-state index contributed by atoms with van der Waals surface area (Å²) in [5, 5.41) is 16.0. The molecule has 5 amide bonds. The van der Waals surface area contributed by atoms with E-state index in [-0.39, 0.29) is 25.0 Å². The molecule has 14 nitrogen and oxygen atoms in total. The molecule has 188 valence electrons. The number of carboxylic acid groups (broad SMARTS) is 1. The number of carbonyl (C=O) groups is 6. The Kier molecular flexibility index (Phi) is 14.4. The first-order valence-corrected chi connectivity index (χ1v) is 10.8. The van der Waals surface area contributed by atoms with E-state index in [0.29, 0.717) is 19.4 Å². The van der Waals surface area contributed by atoms with Gasteiger partial charge in [0.25, 0.3) is 0 Å². The maximum absolute atomic E-state index is 12.8. The minimum atomic E-state index is -1.46. The maximum atomic E-state index is 12.8. The van der Waals surface area contributed by atoms with Gasteiger partial charge in [0.05, 0.1) is 12.5 Å². The topological polar surface area (TPSA) is 263 Å². The number of unbranched alkanes of at least 4 members (excludes halogenated alkanes) is 1. The minimum Gasteiger partial charge on any atom is -0.480 e. The Balaban J connectivity index is 5.41. The molecule has 0 aliphatic heterocycles. The van der Waals surface area contributed by atoms with Crippen LogP contribution in [-0.2, 0) is 28.8 Å². The molecule has 0 rings (SSSR count). The number of hydrogen-bond acceptors (Lipinski definition) is 9. The minimum absolute atomic E-state index is 0.0868. The first-order chi connectivity index (χ1) is 15.4. The Labute approximate surface area is 196 Å². The third kappa shape index (κ3) is 12.6. The van der Waals surface area contributed by atoms with Crippen LogP contribution in [0.25, 0.3) is 0 Å². The number of carbonyl (C=O) groups excluding carboxylic acids is 5. The van der Waals surface area contributed by atoms with Crippen LogP contribution in [0.3, 0.4) is 0 Å². The SMILES string of the molecule is NCCCCC(NC(=O)C(CC(N)=O)NC(=O)C(N)CCC(N)=O)C(=O)NC(CS)C(=O)O. The van der Waals surface area contributed by atoms with Crippen LogP contribution in [0.15, 0.2) is 0 Å². The van der Waals surface area contributed by atoms with Crippen molar-refractivity contribution in [3.63, 3.8) is 0 Å². The van der Waals surface area contributed by atoms with E-state index in [1.165, 1.54) is 0 Å². The highest BCUT2D eigenvalue weighted by molar-refractivity contribution is 7.80. The van der Waals surface area contributed by atoms with Gasteiger partial charge in [-0.3, -0.25) is 24.0 Å². The lowest BCUT2D eigenvalue weighted by Gasteiger charge is -2.24. The molecule has 4 unspecified atom stereocenters. The zero-order chi connectivity index (χ0) is 25.6. The van der Waals surface area contributed by atoms with Crippen LogP contribution in [0.4, 0.5) is 0 Å². The van der Waals surface area contributed by atoms with E-state index in [0.717, 1.165) is 0 Å².